The predicted octanol–water partition coefficient (Wildman–Crippen LogP) is 5.91. The minimum absolute atomic E-state index is 0.271. The Balaban J connectivity index is 1.44. The maximum atomic E-state index is 13.9. The van der Waals surface area contributed by atoms with E-state index in [1.54, 1.807) is 18.2 Å². The Morgan fingerprint density at radius 3 is 2.47 bits per heavy atom. The van der Waals surface area contributed by atoms with Gasteiger partial charge < -0.3 is 9.72 Å². The van der Waals surface area contributed by atoms with Gasteiger partial charge in [-0.15, -0.1) is 0 Å². The van der Waals surface area contributed by atoms with Crippen molar-refractivity contribution in [3.63, 3.8) is 0 Å². The fourth-order valence-electron chi connectivity index (χ4n) is 4.94. The van der Waals surface area contributed by atoms with Gasteiger partial charge in [0.2, 0.25) is 11.8 Å². The number of ether oxygens (including phenoxy) is 1. The molecule has 3 heterocycles. The number of hydrogen-bond donors (Lipinski definition) is 1. The fraction of sp³-hybridized carbons (Fsp3) is 0.179. The summed E-state index contributed by atoms with van der Waals surface area (Å²) in [7, 11) is 0. The Bertz CT molecular complexity index is 1620. The van der Waals surface area contributed by atoms with Crippen LogP contribution in [0, 0.1) is 18.7 Å². The standard InChI is InChI=1S/C28H20ClFN2O4S2/c1-14-2-4-15(5-3-14)13-36-20-11-6-16(29)12-19(20)21-22-24(37-25-23(21)38-28(35)31-25)27(34)32(26(22)33)18-9-7-17(30)8-10-18/h2-12,21-22,24H,13H2,1H3,(H,31,35)/t21-,22-,24+/m0/s1. The lowest BCUT2D eigenvalue weighted by molar-refractivity contribution is -0.122. The molecule has 3 aromatic carbocycles. The monoisotopic (exact) mass is 566 g/mol. The van der Waals surface area contributed by atoms with Crippen molar-refractivity contribution in [1.29, 1.82) is 0 Å². The number of anilines is 1. The lowest BCUT2D eigenvalue weighted by Crippen LogP contribution is -2.32. The van der Waals surface area contributed by atoms with E-state index in [1.807, 2.05) is 31.2 Å². The maximum Gasteiger partial charge on any atom is 0.305 e. The largest absolute Gasteiger partial charge is 0.489 e. The number of H-pyrrole nitrogens is 1. The number of aromatic amines is 1. The highest BCUT2D eigenvalue weighted by molar-refractivity contribution is 8.00. The summed E-state index contributed by atoms with van der Waals surface area (Å²) in [4.78, 5) is 44.2. The molecule has 6 rings (SSSR count). The number of halogens is 2. The van der Waals surface area contributed by atoms with E-state index in [0.717, 1.165) is 27.4 Å². The number of rotatable bonds is 5. The van der Waals surface area contributed by atoms with Crippen LogP contribution in [0.15, 0.2) is 76.6 Å². The summed E-state index contributed by atoms with van der Waals surface area (Å²) < 4.78 is 19.8. The highest BCUT2D eigenvalue weighted by atomic mass is 35.5. The molecule has 0 radical (unpaired) electrons. The van der Waals surface area contributed by atoms with E-state index in [1.165, 1.54) is 36.0 Å². The van der Waals surface area contributed by atoms with E-state index in [9.17, 15) is 18.8 Å². The van der Waals surface area contributed by atoms with E-state index in [0.29, 0.717) is 31.9 Å². The van der Waals surface area contributed by atoms with Crippen LogP contribution in [0.1, 0.15) is 27.5 Å². The molecule has 0 saturated carbocycles. The van der Waals surface area contributed by atoms with Gasteiger partial charge in [0, 0.05) is 21.4 Å². The lowest BCUT2D eigenvalue weighted by Gasteiger charge is -2.31. The van der Waals surface area contributed by atoms with Crippen LogP contribution in [-0.4, -0.2) is 22.0 Å². The van der Waals surface area contributed by atoms with Gasteiger partial charge in [0.15, 0.2) is 0 Å². The number of nitrogens with zero attached hydrogens (tertiary/aromatic N) is 1. The topological polar surface area (TPSA) is 79.5 Å². The highest BCUT2D eigenvalue weighted by Crippen LogP contribution is 2.54. The third-order valence-electron chi connectivity index (χ3n) is 6.73. The maximum absolute atomic E-state index is 13.9. The SMILES string of the molecule is Cc1ccc(COc2ccc(Cl)cc2[C@@H]2c3sc(=O)[nH]c3S[C@H]3C(=O)N(c4ccc(F)cc4)C(=O)[C@@H]23)cc1. The Labute approximate surface area is 230 Å². The third-order valence-corrected chi connectivity index (χ3v) is 9.37. The number of fused-ring (bicyclic) bond motifs is 2. The summed E-state index contributed by atoms with van der Waals surface area (Å²) in [6.45, 7) is 2.30. The summed E-state index contributed by atoms with van der Waals surface area (Å²) in [6, 6.07) is 18.4. The molecule has 0 bridgehead atoms. The first-order chi connectivity index (χ1) is 18.3. The average Bonchev–Trinajstić information content (AvgIpc) is 3.39. The molecule has 0 aliphatic carbocycles. The van der Waals surface area contributed by atoms with E-state index in [-0.39, 0.29) is 11.5 Å². The molecule has 4 aromatic rings. The van der Waals surface area contributed by atoms with Gasteiger partial charge in [0.25, 0.3) is 0 Å². The van der Waals surface area contributed by atoms with Gasteiger partial charge in [-0.3, -0.25) is 14.4 Å². The molecular formula is C28H20ClFN2O4S2. The minimum Gasteiger partial charge on any atom is -0.489 e. The van der Waals surface area contributed by atoms with Gasteiger partial charge in [-0.25, -0.2) is 9.29 Å². The summed E-state index contributed by atoms with van der Waals surface area (Å²) in [6.07, 6.45) is 0. The van der Waals surface area contributed by atoms with E-state index >= 15 is 0 Å². The van der Waals surface area contributed by atoms with Gasteiger partial charge in [-0.2, -0.15) is 0 Å². The van der Waals surface area contributed by atoms with Crippen LogP contribution in [0.4, 0.5) is 10.1 Å². The molecule has 38 heavy (non-hydrogen) atoms. The molecule has 2 amide bonds. The van der Waals surface area contributed by atoms with Gasteiger partial charge in [-0.05, 0) is 55.0 Å². The molecule has 1 saturated heterocycles. The van der Waals surface area contributed by atoms with Crippen molar-refractivity contribution in [2.24, 2.45) is 5.92 Å². The number of aromatic nitrogens is 1. The predicted molar refractivity (Wildman–Crippen MR) is 146 cm³/mol. The Morgan fingerprint density at radius 1 is 1.00 bits per heavy atom. The molecule has 3 atom stereocenters. The van der Waals surface area contributed by atoms with Gasteiger partial charge in [0.1, 0.15) is 23.4 Å². The van der Waals surface area contributed by atoms with Crippen LogP contribution >= 0.6 is 34.7 Å². The molecule has 192 valence electrons. The number of hydrogen-bond acceptors (Lipinski definition) is 6. The summed E-state index contributed by atoms with van der Waals surface area (Å²) in [5.41, 5.74) is 3.03. The molecule has 0 unspecified atom stereocenters. The number of amides is 2. The molecule has 1 aromatic heterocycles. The molecule has 2 aliphatic heterocycles. The summed E-state index contributed by atoms with van der Waals surface area (Å²) in [5, 5.41) is 0.214. The van der Waals surface area contributed by atoms with Crippen molar-refractivity contribution >= 4 is 52.2 Å². The van der Waals surface area contributed by atoms with Crippen molar-refractivity contribution in [3.05, 3.63) is 109 Å². The van der Waals surface area contributed by atoms with Crippen molar-refractivity contribution < 1.29 is 18.7 Å². The number of carbonyl (C=O) groups excluding carboxylic acids is 2. The van der Waals surface area contributed by atoms with Crippen molar-refractivity contribution in [1.82, 2.24) is 4.98 Å². The summed E-state index contributed by atoms with van der Waals surface area (Å²) >= 11 is 8.62. The number of thioether (sulfide) groups is 1. The van der Waals surface area contributed by atoms with Crippen LogP contribution in [0.25, 0.3) is 0 Å². The molecular weight excluding hydrogens is 547 g/mol. The number of imide groups is 1. The fourth-order valence-corrected chi connectivity index (χ4v) is 7.62. The zero-order valence-electron chi connectivity index (χ0n) is 19.9. The number of aryl methyl sites for hydroxylation is 1. The van der Waals surface area contributed by atoms with Gasteiger partial charge >= 0.3 is 4.87 Å². The van der Waals surface area contributed by atoms with Gasteiger partial charge in [0.05, 0.1) is 16.6 Å². The molecule has 10 heteroatoms. The van der Waals surface area contributed by atoms with E-state index < -0.39 is 34.7 Å². The second-order valence-corrected chi connectivity index (χ2v) is 11.8. The third kappa shape index (κ3) is 4.34. The summed E-state index contributed by atoms with van der Waals surface area (Å²) in [5.74, 6) is -2.24. The lowest BCUT2D eigenvalue weighted by atomic mass is 9.82. The quantitative estimate of drug-likeness (QED) is 0.304. The highest BCUT2D eigenvalue weighted by Gasteiger charge is 2.56. The molecule has 6 nitrogen and oxygen atoms in total. The number of thiazole rings is 1. The first kappa shape index (κ1) is 24.9. The minimum atomic E-state index is -0.809. The van der Waals surface area contributed by atoms with Crippen LogP contribution < -0.4 is 14.5 Å². The second-order valence-electron chi connectivity index (χ2n) is 9.19. The smallest absolute Gasteiger partial charge is 0.305 e. The first-order valence-corrected chi connectivity index (χ1v) is 13.9. The molecule has 0 spiro atoms. The van der Waals surface area contributed by atoms with Gasteiger partial charge in [-0.1, -0.05) is 64.5 Å². The molecule has 1 fully saturated rings. The Hall–Kier alpha value is -3.40. The number of benzene rings is 3. The zero-order valence-corrected chi connectivity index (χ0v) is 22.3. The molecule has 2 aliphatic rings. The van der Waals surface area contributed by atoms with Crippen molar-refractivity contribution in [2.75, 3.05) is 4.90 Å². The van der Waals surface area contributed by atoms with E-state index in [2.05, 4.69) is 4.98 Å². The van der Waals surface area contributed by atoms with Crippen LogP contribution in [0.2, 0.25) is 5.02 Å². The van der Waals surface area contributed by atoms with Crippen molar-refractivity contribution in [2.45, 2.75) is 29.7 Å². The Morgan fingerprint density at radius 2 is 1.74 bits per heavy atom. The van der Waals surface area contributed by atoms with Crippen LogP contribution in [0.5, 0.6) is 5.75 Å². The Kier molecular flexibility index (Phi) is 6.37. The average molecular weight is 567 g/mol. The number of carbonyl (C=O) groups is 2. The number of nitrogens with one attached hydrogen (secondary N) is 1. The van der Waals surface area contributed by atoms with Crippen LogP contribution in [-0.2, 0) is 16.2 Å². The van der Waals surface area contributed by atoms with E-state index in [4.69, 9.17) is 16.3 Å². The van der Waals surface area contributed by atoms with Crippen LogP contribution in [0.3, 0.4) is 0 Å². The first-order valence-electron chi connectivity index (χ1n) is 11.8. The van der Waals surface area contributed by atoms with Crippen molar-refractivity contribution in [3.8, 4) is 5.75 Å². The second kappa shape index (κ2) is 9.72. The zero-order chi connectivity index (χ0) is 26.6. The molecule has 1 N–H and O–H groups in total. The normalized spacial score (nSPS) is 20.4.